The van der Waals surface area contributed by atoms with Crippen LogP contribution in [0.3, 0.4) is 0 Å². The molecule has 13 heavy (non-hydrogen) atoms. The van der Waals surface area contributed by atoms with Crippen LogP contribution in [0.4, 0.5) is 13.2 Å². The van der Waals surface area contributed by atoms with Crippen molar-refractivity contribution in [1.29, 1.82) is 5.26 Å². The van der Waals surface area contributed by atoms with E-state index in [1.54, 1.807) is 0 Å². The normalized spacial score (nSPS) is 10.0. The van der Waals surface area contributed by atoms with E-state index in [0.717, 1.165) is 12.1 Å². The molecule has 0 fully saturated rings. The van der Waals surface area contributed by atoms with Crippen molar-refractivity contribution in [1.82, 2.24) is 0 Å². The molecule has 1 nitrogen and oxygen atoms in total. The third-order valence-electron chi connectivity index (χ3n) is 1.35. The summed E-state index contributed by atoms with van der Waals surface area (Å²) in [7, 11) is 0. The van der Waals surface area contributed by atoms with E-state index in [4.69, 9.17) is 5.26 Å². The van der Waals surface area contributed by atoms with E-state index in [9.17, 15) is 13.2 Å². The molecule has 70 valence electrons. The van der Waals surface area contributed by atoms with Crippen molar-refractivity contribution < 1.29 is 13.2 Å². The lowest BCUT2D eigenvalue weighted by Crippen LogP contribution is -2.06. The summed E-state index contributed by atoms with van der Waals surface area (Å²) >= 11 is 0. The van der Waals surface area contributed by atoms with Crippen molar-refractivity contribution in [2.45, 2.75) is 6.18 Å². The molecule has 0 aliphatic carbocycles. The SMILES string of the molecule is Br.N#Cc1ccccc1C(F)(F)F. The molecule has 0 N–H and O–H groups in total. The highest BCUT2D eigenvalue weighted by Gasteiger charge is 2.32. The van der Waals surface area contributed by atoms with Crippen LogP contribution in [0.25, 0.3) is 0 Å². The molecule has 0 amide bonds. The fourth-order valence-electron chi connectivity index (χ4n) is 0.828. The van der Waals surface area contributed by atoms with Crippen LogP contribution in [0.15, 0.2) is 24.3 Å². The third kappa shape index (κ3) is 2.74. The van der Waals surface area contributed by atoms with Crippen molar-refractivity contribution in [2.75, 3.05) is 0 Å². The molecule has 0 spiro atoms. The number of benzene rings is 1. The summed E-state index contributed by atoms with van der Waals surface area (Å²) in [6.07, 6.45) is -4.44. The molecule has 0 aliphatic heterocycles. The first-order valence-electron chi connectivity index (χ1n) is 3.12. The van der Waals surface area contributed by atoms with Crippen molar-refractivity contribution in [3.05, 3.63) is 35.4 Å². The molecule has 5 heteroatoms. The highest BCUT2D eigenvalue weighted by molar-refractivity contribution is 8.93. The zero-order valence-electron chi connectivity index (χ0n) is 6.30. The molecule has 0 aliphatic rings. The van der Waals surface area contributed by atoms with Crippen molar-refractivity contribution in [3.8, 4) is 6.07 Å². The van der Waals surface area contributed by atoms with E-state index in [1.807, 2.05) is 0 Å². The summed E-state index contributed by atoms with van der Waals surface area (Å²) in [5.74, 6) is 0. The van der Waals surface area contributed by atoms with Crippen LogP contribution in [0.2, 0.25) is 0 Å². The van der Waals surface area contributed by atoms with Gasteiger partial charge in [-0.15, -0.1) is 17.0 Å². The Labute approximate surface area is 83.6 Å². The maximum absolute atomic E-state index is 12.1. The van der Waals surface area contributed by atoms with Gasteiger partial charge in [0.1, 0.15) is 0 Å². The maximum atomic E-state index is 12.1. The average Bonchev–Trinajstić information content (AvgIpc) is 2.03. The van der Waals surface area contributed by atoms with Gasteiger partial charge in [0.25, 0.3) is 0 Å². The van der Waals surface area contributed by atoms with E-state index in [2.05, 4.69) is 0 Å². The minimum Gasteiger partial charge on any atom is -0.192 e. The standard InChI is InChI=1S/C8H4F3N.BrH/c9-8(10,11)7-4-2-1-3-6(7)5-12;/h1-4H;1H. The molecule has 0 saturated carbocycles. The van der Waals surface area contributed by atoms with Gasteiger partial charge in [0, 0.05) is 0 Å². The van der Waals surface area contributed by atoms with Gasteiger partial charge in [0.2, 0.25) is 0 Å². The first-order valence-corrected chi connectivity index (χ1v) is 3.12. The van der Waals surface area contributed by atoms with Crippen LogP contribution in [-0.4, -0.2) is 0 Å². The van der Waals surface area contributed by atoms with Crippen LogP contribution in [0, 0.1) is 11.3 Å². The molecule has 0 saturated heterocycles. The van der Waals surface area contributed by atoms with Crippen molar-refractivity contribution in [2.24, 2.45) is 0 Å². The lowest BCUT2D eigenvalue weighted by molar-refractivity contribution is -0.137. The summed E-state index contributed by atoms with van der Waals surface area (Å²) < 4.78 is 36.3. The second kappa shape index (κ2) is 4.28. The summed E-state index contributed by atoms with van der Waals surface area (Å²) in [5.41, 5.74) is -1.22. The van der Waals surface area contributed by atoms with Gasteiger partial charge in [-0.05, 0) is 12.1 Å². The van der Waals surface area contributed by atoms with Gasteiger partial charge in [-0.25, -0.2) is 0 Å². The zero-order valence-corrected chi connectivity index (χ0v) is 8.01. The molecule has 1 aromatic rings. The van der Waals surface area contributed by atoms with Crippen molar-refractivity contribution in [3.63, 3.8) is 0 Å². The molecule has 0 unspecified atom stereocenters. The minimum absolute atomic E-state index is 0. The smallest absolute Gasteiger partial charge is 0.192 e. The van der Waals surface area contributed by atoms with Crippen LogP contribution < -0.4 is 0 Å². The number of nitrogens with zero attached hydrogens (tertiary/aromatic N) is 1. The molecule has 0 radical (unpaired) electrons. The van der Waals surface area contributed by atoms with E-state index in [0.29, 0.717) is 0 Å². The fourth-order valence-corrected chi connectivity index (χ4v) is 0.828. The second-order valence-electron chi connectivity index (χ2n) is 2.16. The number of halogens is 4. The summed E-state index contributed by atoms with van der Waals surface area (Å²) in [6.45, 7) is 0. The molecule has 0 atom stereocenters. The quantitative estimate of drug-likeness (QED) is 0.695. The second-order valence-corrected chi connectivity index (χ2v) is 2.16. The van der Waals surface area contributed by atoms with Gasteiger partial charge in [-0.1, -0.05) is 12.1 Å². The maximum Gasteiger partial charge on any atom is 0.417 e. The molecule has 1 aromatic carbocycles. The Hall–Kier alpha value is -1.02. The average molecular weight is 252 g/mol. The number of hydrogen-bond acceptors (Lipinski definition) is 1. The largest absolute Gasteiger partial charge is 0.417 e. The van der Waals surface area contributed by atoms with Gasteiger partial charge in [0.15, 0.2) is 0 Å². The van der Waals surface area contributed by atoms with Crippen molar-refractivity contribution >= 4 is 17.0 Å². The van der Waals surface area contributed by atoms with E-state index in [1.165, 1.54) is 18.2 Å². The number of alkyl halides is 3. The predicted octanol–water partition coefficient (Wildman–Crippen LogP) is 3.15. The van der Waals surface area contributed by atoms with Gasteiger partial charge >= 0.3 is 6.18 Å². The number of nitriles is 1. The Morgan fingerprint density at radius 3 is 2.08 bits per heavy atom. The Bertz CT molecular complexity index is 327. The molecule has 1 rings (SSSR count). The fraction of sp³-hybridized carbons (Fsp3) is 0.125. The summed E-state index contributed by atoms with van der Waals surface area (Å²) in [6, 6.07) is 6.16. The van der Waals surface area contributed by atoms with E-state index >= 15 is 0 Å². The third-order valence-corrected chi connectivity index (χ3v) is 1.35. The molecule has 0 aromatic heterocycles. The topological polar surface area (TPSA) is 23.8 Å². The zero-order chi connectivity index (χ0) is 9.19. The van der Waals surface area contributed by atoms with Gasteiger partial charge in [0.05, 0.1) is 17.2 Å². The first-order chi connectivity index (χ1) is 5.55. The summed E-state index contributed by atoms with van der Waals surface area (Å²) in [4.78, 5) is 0. The Morgan fingerprint density at radius 2 is 1.69 bits per heavy atom. The monoisotopic (exact) mass is 251 g/mol. The Kier molecular flexibility index (Phi) is 3.95. The molecular formula is C8H5BrF3N. The summed E-state index contributed by atoms with van der Waals surface area (Å²) in [5, 5.41) is 8.33. The first kappa shape index (κ1) is 12.0. The lowest BCUT2D eigenvalue weighted by Gasteiger charge is -2.06. The number of rotatable bonds is 0. The number of hydrogen-bond donors (Lipinski definition) is 0. The lowest BCUT2D eigenvalue weighted by atomic mass is 10.1. The van der Waals surface area contributed by atoms with Gasteiger partial charge in [-0.3, -0.25) is 0 Å². The van der Waals surface area contributed by atoms with Gasteiger partial charge < -0.3 is 0 Å². The van der Waals surface area contributed by atoms with E-state index in [-0.39, 0.29) is 22.5 Å². The van der Waals surface area contributed by atoms with Crippen LogP contribution in [0.1, 0.15) is 11.1 Å². The van der Waals surface area contributed by atoms with Crippen LogP contribution >= 0.6 is 17.0 Å². The predicted molar refractivity (Wildman–Crippen MR) is 46.5 cm³/mol. The molecule has 0 heterocycles. The van der Waals surface area contributed by atoms with Crippen LogP contribution in [-0.2, 0) is 6.18 Å². The Balaban J connectivity index is 0.00000144. The highest BCUT2D eigenvalue weighted by atomic mass is 79.9. The molecular weight excluding hydrogens is 247 g/mol. The minimum atomic E-state index is -4.44. The Morgan fingerprint density at radius 1 is 1.15 bits per heavy atom. The van der Waals surface area contributed by atoms with Gasteiger partial charge in [-0.2, -0.15) is 18.4 Å². The van der Waals surface area contributed by atoms with Crippen LogP contribution in [0.5, 0.6) is 0 Å². The highest BCUT2D eigenvalue weighted by Crippen LogP contribution is 2.31. The molecule has 0 bridgehead atoms. The van der Waals surface area contributed by atoms with E-state index < -0.39 is 11.7 Å².